The SMILES string of the molecule is CN=C(NCc1nc(C(F)(F)F)cs1)NC(C)c1ccc(OCC2CC2)c(F)c1. The van der Waals surface area contributed by atoms with Crippen molar-refractivity contribution in [3.63, 3.8) is 0 Å². The molecule has 10 heteroatoms. The van der Waals surface area contributed by atoms with Gasteiger partial charge in [-0.25, -0.2) is 9.37 Å². The smallest absolute Gasteiger partial charge is 0.434 e. The molecule has 1 unspecified atom stereocenters. The number of hydrogen-bond acceptors (Lipinski definition) is 4. The van der Waals surface area contributed by atoms with Crippen molar-refractivity contribution in [2.75, 3.05) is 13.7 Å². The van der Waals surface area contributed by atoms with E-state index in [-0.39, 0.29) is 23.3 Å². The Morgan fingerprint density at radius 3 is 2.72 bits per heavy atom. The zero-order chi connectivity index (χ0) is 21.0. The molecular weight excluding hydrogens is 408 g/mol. The first-order valence-corrected chi connectivity index (χ1v) is 10.0. The maximum atomic E-state index is 14.3. The van der Waals surface area contributed by atoms with E-state index in [1.54, 1.807) is 19.2 Å². The molecule has 2 aromatic rings. The molecule has 1 aromatic heterocycles. The molecular formula is C19H22F4N4OS. The molecule has 1 aromatic carbocycles. The highest BCUT2D eigenvalue weighted by atomic mass is 32.1. The lowest BCUT2D eigenvalue weighted by Gasteiger charge is -2.18. The summed E-state index contributed by atoms with van der Waals surface area (Å²) in [6, 6.07) is 4.50. The first-order valence-electron chi connectivity index (χ1n) is 9.17. The van der Waals surface area contributed by atoms with Crippen LogP contribution >= 0.6 is 11.3 Å². The van der Waals surface area contributed by atoms with Gasteiger partial charge in [0.1, 0.15) is 5.01 Å². The molecule has 0 aliphatic heterocycles. The molecule has 0 radical (unpaired) electrons. The molecule has 1 atom stereocenters. The van der Waals surface area contributed by atoms with E-state index in [4.69, 9.17) is 4.74 Å². The van der Waals surface area contributed by atoms with Crippen LogP contribution in [0.25, 0.3) is 0 Å². The van der Waals surface area contributed by atoms with Gasteiger partial charge >= 0.3 is 6.18 Å². The average Bonchev–Trinajstić information content (AvgIpc) is 3.37. The number of ether oxygens (including phenoxy) is 1. The maximum Gasteiger partial charge on any atom is 0.434 e. The zero-order valence-electron chi connectivity index (χ0n) is 16.0. The van der Waals surface area contributed by atoms with Crippen LogP contribution in [0.15, 0.2) is 28.6 Å². The van der Waals surface area contributed by atoms with Gasteiger partial charge in [-0.1, -0.05) is 6.07 Å². The third-order valence-corrected chi connectivity index (χ3v) is 5.30. The van der Waals surface area contributed by atoms with E-state index < -0.39 is 17.7 Å². The Hall–Kier alpha value is -2.36. The van der Waals surface area contributed by atoms with Crippen molar-refractivity contribution in [3.8, 4) is 5.75 Å². The molecule has 0 amide bonds. The quantitative estimate of drug-likeness (QED) is 0.385. The third-order valence-electron chi connectivity index (χ3n) is 4.45. The maximum absolute atomic E-state index is 14.3. The van der Waals surface area contributed by atoms with Gasteiger partial charge in [-0.2, -0.15) is 13.2 Å². The minimum atomic E-state index is -4.46. The van der Waals surface area contributed by atoms with Crippen LogP contribution in [-0.4, -0.2) is 24.6 Å². The molecule has 0 saturated heterocycles. The summed E-state index contributed by atoms with van der Waals surface area (Å²) in [6.45, 7) is 2.46. The van der Waals surface area contributed by atoms with Crippen molar-refractivity contribution in [2.45, 2.75) is 38.5 Å². The van der Waals surface area contributed by atoms with Gasteiger partial charge in [0.05, 0.1) is 19.2 Å². The van der Waals surface area contributed by atoms with E-state index in [1.165, 1.54) is 6.07 Å². The second-order valence-electron chi connectivity index (χ2n) is 6.86. The fourth-order valence-corrected chi connectivity index (χ4v) is 3.30. The van der Waals surface area contributed by atoms with Crippen molar-refractivity contribution in [3.05, 3.63) is 45.7 Å². The number of halogens is 4. The highest BCUT2D eigenvalue weighted by Crippen LogP contribution is 2.31. The summed E-state index contributed by atoms with van der Waals surface area (Å²) < 4.78 is 57.6. The summed E-state index contributed by atoms with van der Waals surface area (Å²) in [7, 11) is 1.54. The predicted octanol–water partition coefficient (Wildman–Crippen LogP) is 4.52. The van der Waals surface area contributed by atoms with Crippen molar-refractivity contribution in [1.82, 2.24) is 15.6 Å². The van der Waals surface area contributed by atoms with E-state index in [0.717, 1.165) is 29.6 Å². The minimum Gasteiger partial charge on any atom is -0.490 e. The number of benzene rings is 1. The van der Waals surface area contributed by atoms with Crippen molar-refractivity contribution in [2.24, 2.45) is 10.9 Å². The highest BCUT2D eigenvalue weighted by molar-refractivity contribution is 7.09. The van der Waals surface area contributed by atoms with Crippen LogP contribution in [-0.2, 0) is 12.7 Å². The zero-order valence-corrected chi connectivity index (χ0v) is 16.8. The minimum absolute atomic E-state index is 0.0927. The predicted molar refractivity (Wildman–Crippen MR) is 103 cm³/mol. The number of aliphatic imine (C=N–C) groups is 1. The van der Waals surface area contributed by atoms with Gasteiger partial charge in [-0.3, -0.25) is 4.99 Å². The van der Waals surface area contributed by atoms with Gasteiger partial charge < -0.3 is 15.4 Å². The number of thiazole rings is 1. The monoisotopic (exact) mass is 430 g/mol. The number of rotatable bonds is 7. The van der Waals surface area contributed by atoms with Crippen LogP contribution in [0.4, 0.5) is 17.6 Å². The van der Waals surface area contributed by atoms with E-state index in [1.807, 2.05) is 6.92 Å². The molecule has 0 spiro atoms. The number of aromatic nitrogens is 1. The molecule has 2 N–H and O–H groups in total. The third kappa shape index (κ3) is 6.06. The standard InChI is InChI=1S/C19H22F4N4OS/c1-11(13-5-6-15(14(20)7-13)28-9-12-3-4-12)26-18(24-2)25-8-17-27-16(10-29-17)19(21,22)23/h5-7,10-12H,3-4,8-9H2,1-2H3,(H2,24,25,26). The molecule has 0 bridgehead atoms. The Kier molecular flexibility index (Phi) is 6.61. The van der Waals surface area contributed by atoms with Crippen LogP contribution < -0.4 is 15.4 Å². The number of hydrogen-bond donors (Lipinski definition) is 2. The Balaban J connectivity index is 1.54. The first kappa shape index (κ1) is 21.4. The van der Waals surface area contributed by atoms with Crippen LogP contribution in [0.1, 0.15) is 42.1 Å². The summed E-state index contributed by atoms with van der Waals surface area (Å²) >= 11 is 0.919. The van der Waals surface area contributed by atoms with Gasteiger partial charge in [-0.15, -0.1) is 11.3 Å². The number of guanidine groups is 1. The molecule has 3 rings (SSSR count). The topological polar surface area (TPSA) is 58.5 Å². The van der Waals surface area contributed by atoms with Crippen molar-refractivity contribution in [1.29, 1.82) is 0 Å². The summed E-state index contributed by atoms with van der Waals surface area (Å²) in [5, 5.41) is 7.27. The molecule has 29 heavy (non-hydrogen) atoms. The van der Waals surface area contributed by atoms with Crippen molar-refractivity contribution >= 4 is 17.3 Å². The van der Waals surface area contributed by atoms with Gasteiger partial charge in [-0.05, 0) is 43.4 Å². The molecule has 1 heterocycles. The fraction of sp³-hybridized carbons (Fsp3) is 0.474. The summed E-state index contributed by atoms with van der Waals surface area (Å²) in [6.07, 6.45) is -2.20. The largest absolute Gasteiger partial charge is 0.490 e. The van der Waals surface area contributed by atoms with Crippen molar-refractivity contribution < 1.29 is 22.3 Å². The highest BCUT2D eigenvalue weighted by Gasteiger charge is 2.33. The second-order valence-corrected chi connectivity index (χ2v) is 7.80. The Bertz CT molecular complexity index is 864. The van der Waals surface area contributed by atoms with Crippen LogP contribution in [0.5, 0.6) is 5.75 Å². The normalized spacial score (nSPS) is 15.9. The van der Waals surface area contributed by atoms with Gasteiger partial charge in [0.25, 0.3) is 0 Å². The number of nitrogens with one attached hydrogen (secondary N) is 2. The number of nitrogens with zero attached hydrogens (tertiary/aromatic N) is 2. The lowest BCUT2D eigenvalue weighted by molar-refractivity contribution is -0.140. The fourth-order valence-electron chi connectivity index (χ4n) is 2.56. The lowest BCUT2D eigenvalue weighted by Crippen LogP contribution is -2.38. The van der Waals surface area contributed by atoms with E-state index in [0.29, 0.717) is 24.0 Å². The second kappa shape index (κ2) is 8.98. The van der Waals surface area contributed by atoms with Gasteiger partial charge in [0.15, 0.2) is 23.2 Å². The van der Waals surface area contributed by atoms with E-state index >= 15 is 0 Å². The summed E-state index contributed by atoms with van der Waals surface area (Å²) in [4.78, 5) is 7.62. The average molecular weight is 430 g/mol. The Morgan fingerprint density at radius 1 is 1.38 bits per heavy atom. The van der Waals surface area contributed by atoms with Crippen LogP contribution in [0.3, 0.4) is 0 Å². The Labute approximate surface area is 170 Å². The molecule has 1 saturated carbocycles. The van der Waals surface area contributed by atoms with E-state index in [9.17, 15) is 17.6 Å². The summed E-state index contributed by atoms with van der Waals surface area (Å²) in [5.41, 5.74) is -0.215. The molecule has 1 aliphatic rings. The molecule has 1 fully saturated rings. The molecule has 158 valence electrons. The Morgan fingerprint density at radius 2 is 2.14 bits per heavy atom. The lowest BCUT2D eigenvalue weighted by atomic mass is 10.1. The van der Waals surface area contributed by atoms with Crippen LogP contribution in [0, 0.1) is 11.7 Å². The summed E-state index contributed by atoms with van der Waals surface area (Å²) in [5.74, 6) is 0.714. The number of alkyl halides is 3. The molecule has 1 aliphatic carbocycles. The van der Waals surface area contributed by atoms with E-state index in [2.05, 4.69) is 20.6 Å². The van der Waals surface area contributed by atoms with Gasteiger partial charge in [0, 0.05) is 12.4 Å². The van der Waals surface area contributed by atoms with Gasteiger partial charge in [0.2, 0.25) is 0 Å². The first-order chi connectivity index (χ1) is 13.8. The van der Waals surface area contributed by atoms with Crippen LogP contribution in [0.2, 0.25) is 0 Å². The molecule has 5 nitrogen and oxygen atoms in total.